The number of aliphatic hydroxyl groups is 1. The van der Waals surface area contributed by atoms with Crippen LogP contribution in [-0.4, -0.2) is 53.0 Å². The molecule has 3 aromatic rings. The summed E-state index contributed by atoms with van der Waals surface area (Å²) in [6.45, 7) is 7.61. The van der Waals surface area contributed by atoms with Crippen LogP contribution < -0.4 is 9.64 Å². The predicted molar refractivity (Wildman–Crippen MR) is 152 cm³/mol. The van der Waals surface area contributed by atoms with Crippen LogP contribution >= 0.6 is 0 Å². The number of ketones is 1. The van der Waals surface area contributed by atoms with Crippen molar-refractivity contribution in [3.63, 3.8) is 0 Å². The molecule has 5 rings (SSSR count). The van der Waals surface area contributed by atoms with Crippen LogP contribution in [0.5, 0.6) is 5.75 Å². The molecule has 1 atom stereocenters. The van der Waals surface area contributed by atoms with E-state index in [0.717, 1.165) is 11.3 Å². The summed E-state index contributed by atoms with van der Waals surface area (Å²) >= 11 is 0. The van der Waals surface area contributed by atoms with Crippen LogP contribution in [0.15, 0.2) is 72.3 Å². The monoisotopic (exact) mass is 540 g/mol. The number of aromatic carboxylic acids is 1. The minimum Gasteiger partial charge on any atom is -0.507 e. The van der Waals surface area contributed by atoms with Gasteiger partial charge in [0.1, 0.15) is 18.1 Å². The van der Waals surface area contributed by atoms with Crippen molar-refractivity contribution in [3.05, 3.63) is 100 Å². The second-order valence-electron chi connectivity index (χ2n) is 11.3. The average molecular weight is 541 g/mol. The SMILES string of the molecule is CN1CCOc2ccc(/C(O)=C3/C(=O)C(=O)N(Cc4ccc(C(=O)O)cc4)C3c3ccc(C(C)(C)C)cc3)cc21. The lowest BCUT2D eigenvalue weighted by atomic mass is 9.85. The van der Waals surface area contributed by atoms with Gasteiger partial charge >= 0.3 is 5.97 Å². The van der Waals surface area contributed by atoms with Gasteiger partial charge in [0, 0.05) is 19.2 Å². The fourth-order valence-electron chi connectivity index (χ4n) is 5.16. The summed E-state index contributed by atoms with van der Waals surface area (Å²) in [6.07, 6.45) is 0. The number of carboxylic acids is 1. The number of nitrogens with zero attached hydrogens (tertiary/aromatic N) is 2. The summed E-state index contributed by atoms with van der Waals surface area (Å²) in [5, 5.41) is 20.8. The highest BCUT2D eigenvalue weighted by Gasteiger charge is 2.46. The summed E-state index contributed by atoms with van der Waals surface area (Å²) in [5.74, 6) is -2.12. The number of likely N-dealkylation sites (tertiary alicyclic amines) is 1. The molecule has 0 spiro atoms. The van der Waals surface area contributed by atoms with Crippen molar-refractivity contribution >= 4 is 29.1 Å². The minimum absolute atomic E-state index is 0.00926. The van der Waals surface area contributed by atoms with Crippen LogP contribution in [0.1, 0.15) is 59.4 Å². The Bertz CT molecular complexity index is 1520. The van der Waals surface area contributed by atoms with E-state index >= 15 is 0 Å². The first-order valence-electron chi connectivity index (χ1n) is 13.1. The summed E-state index contributed by atoms with van der Waals surface area (Å²) in [5.41, 5.74) is 3.69. The van der Waals surface area contributed by atoms with E-state index in [2.05, 4.69) is 20.8 Å². The van der Waals surface area contributed by atoms with Gasteiger partial charge in [0.05, 0.1) is 29.4 Å². The summed E-state index contributed by atoms with van der Waals surface area (Å²) < 4.78 is 5.72. The van der Waals surface area contributed by atoms with Gasteiger partial charge in [-0.15, -0.1) is 0 Å². The zero-order valence-corrected chi connectivity index (χ0v) is 23.0. The second kappa shape index (κ2) is 10.2. The van der Waals surface area contributed by atoms with Crippen molar-refractivity contribution in [2.45, 2.75) is 38.8 Å². The highest BCUT2D eigenvalue weighted by molar-refractivity contribution is 6.46. The lowest BCUT2D eigenvalue weighted by Gasteiger charge is -2.28. The summed E-state index contributed by atoms with van der Waals surface area (Å²) in [4.78, 5) is 41.7. The van der Waals surface area contributed by atoms with Crippen molar-refractivity contribution < 1.29 is 29.3 Å². The average Bonchev–Trinajstić information content (AvgIpc) is 3.17. The van der Waals surface area contributed by atoms with E-state index in [1.807, 2.05) is 36.2 Å². The maximum absolute atomic E-state index is 13.5. The lowest BCUT2D eigenvalue weighted by molar-refractivity contribution is -0.140. The van der Waals surface area contributed by atoms with Gasteiger partial charge in [0.2, 0.25) is 0 Å². The Kier molecular flexibility index (Phi) is 6.87. The van der Waals surface area contributed by atoms with E-state index in [-0.39, 0.29) is 28.9 Å². The molecule has 8 heteroatoms. The van der Waals surface area contributed by atoms with E-state index < -0.39 is 23.7 Å². The Morgan fingerprint density at radius 2 is 1.60 bits per heavy atom. The third kappa shape index (κ3) is 4.93. The van der Waals surface area contributed by atoms with E-state index in [9.17, 15) is 24.6 Å². The first-order valence-corrected chi connectivity index (χ1v) is 13.1. The number of Topliss-reactive ketones (excluding diaryl/α,β-unsaturated/α-hetero) is 1. The van der Waals surface area contributed by atoms with Crippen molar-refractivity contribution in [1.82, 2.24) is 4.90 Å². The van der Waals surface area contributed by atoms with Gasteiger partial charge in [0.15, 0.2) is 0 Å². The number of carbonyl (C=O) groups excluding carboxylic acids is 2. The number of fused-ring (bicyclic) bond motifs is 1. The predicted octanol–water partition coefficient (Wildman–Crippen LogP) is 5.13. The number of anilines is 1. The van der Waals surface area contributed by atoms with E-state index in [4.69, 9.17) is 4.74 Å². The highest BCUT2D eigenvalue weighted by Crippen LogP contribution is 2.42. The number of hydrogen-bond donors (Lipinski definition) is 2. The highest BCUT2D eigenvalue weighted by atomic mass is 16.5. The number of ether oxygens (including phenoxy) is 1. The number of carboxylic acid groups (broad SMARTS) is 1. The molecular formula is C32H32N2O6. The largest absolute Gasteiger partial charge is 0.507 e. The van der Waals surface area contributed by atoms with Crippen LogP contribution in [-0.2, 0) is 21.5 Å². The number of aliphatic hydroxyl groups excluding tert-OH is 1. The first kappa shape index (κ1) is 27.0. The molecule has 1 amide bonds. The topological polar surface area (TPSA) is 107 Å². The Morgan fingerprint density at radius 1 is 0.950 bits per heavy atom. The second-order valence-corrected chi connectivity index (χ2v) is 11.3. The smallest absolute Gasteiger partial charge is 0.335 e. The van der Waals surface area contributed by atoms with Crippen LogP contribution in [0, 0.1) is 0 Å². The molecule has 0 saturated carbocycles. The van der Waals surface area contributed by atoms with Gasteiger partial charge in [-0.3, -0.25) is 9.59 Å². The number of benzene rings is 3. The molecule has 1 saturated heterocycles. The van der Waals surface area contributed by atoms with Crippen molar-refractivity contribution in [3.8, 4) is 5.75 Å². The molecule has 0 aliphatic carbocycles. The minimum atomic E-state index is -1.05. The number of carbonyl (C=O) groups is 3. The maximum Gasteiger partial charge on any atom is 0.335 e. The molecule has 0 bridgehead atoms. The molecule has 1 fully saturated rings. The maximum atomic E-state index is 13.5. The van der Waals surface area contributed by atoms with Gasteiger partial charge in [-0.2, -0.15) is 0 Å². The molecule has 206 valence electrons. The Labute approximate surface area is 233 Å². The molecule has 0 aromatic heterocycles. The number of hydrogen-bond acceptors (Lipinski definition) is 6. The van der Waals surface area contributed by atoms with Crippen molar-refractivity contribution in [1.29, 1.82) is 0 Å². The number of rotatable bonds is 5. The molecule has 0 radical (unpaired) electrons. The molecule has 8 nitrogen and oxygen atoms in total. The molecule has 2 N–H and O–H groups in total. The molecule has 40 heavy (non-hydrogen) atoms. The Morgan fingerprint density at radius 3 is 2.23 bits per heavy atom. The van der Waals surface area contributed by atoms with Gasteiger partial charge in [0.25, 0.3) is 11.7 Å². The van der Waals surface area contributed by atoms with Crippen molar-refractivity contribution in [2.75, 3.05) is 25.1 Å². The van der Waals surface area contributed by atoms with Crippen molar-refractivity contribution in [2.24, 2.45) is 0 Å². The summed E-state index contributed by atoms with van der Waals surface area (Å²) in [7, 11) is 1.93. The van der Waals surface area contributed by atoms with Crippen LogP contribution in [0.4, 0.5) is 5.69 Å². The van der Waals surface area contributed by atoms with Gasteiger partial charge in [-0.05, 0) is 52.4 Å². The summed E-state index contributed by atoms with van der Waals surface area (Å²) in [6, 6.07) is 18.3. The van der Waals surface area contributed by atoms with E-state index in [0.29, 0.717) is 35.6 Å². The molecule has 2 heterocycles. The van der Waals surface area contributed by atoms with E-state index in [1.165, 1.54) is 17.0 Å². The van der Waals surface area contributed by atoms with Crippen LogP contribution in [0.3, 0.4) is 0 Å². The quantitative estimate of drug-likeness (QED) is 0.262. The standard InChI is InChI=1S/C32H32N2O6/c1-32(2,3)23-12-9-20(10-13-23)27-26(28(35)22-11-14-25-24(17-22)33(4)15-16-40-25)29(36)30(37)34(27)18-19-5-7-21(8-6-19)31(38)39/h5-14,17,27,35H,15-16,18H2,1-4H3,(H,38,39)/b28-26-. The zero-order valence-electron chi connectivity index (χ0n) is 23.0. The van der Waals surface area contributed by atoms with E-state index in [1.54, 1.807) is 30.3 Å². The lowest BCUT2D eigenvalue weighted by Crippen LogP contribution is -2.29. The Balaban J connectivity index is 1.61. The fourth-order valence-corrected chi connectivity index (χ4v) is 5.16. The molecule has 2 aliphatic heterocycles. The molecule has 3 aromatic carbocycles. The fraction of sp³-hybridized carbons (Fsp3) is 0.281. The molecule has 1 unspecified atom stereocenters. The third-order valence-electron chi connectivity index (χ3n) is 7.51. The number of amides is 1. The first-order chi connectivity index (χ1) is 19.0. The third-order valence-corrected chi connectivity index (χ3v) is 7.51. The van der Waals surface area contributed by atoms with Crippen LogP contribution in [0.2, 0.25) is 0 Å². The zero-order chi connectivity index (χ0) is 28.8. The normalized spacial score (nSPS) is 18.4. The van der Waals surface area contributed by atoms with Crippen LogP contribution in [0.25, 0.3) is 5.76 Å². The molecule has 2 aliphatic rings. The Hall–Kier alpha value is -4.59. The molecular weight excluding hydrogens is 508 g/mol. The van der Waals surface area contributed by atoms with Gasteiger partial charge in [-0.1, -0.05) is 57.2 Å². The van der Waals surface area contributed by atoms with Gasteiger partial charge < -0.3 is 24.7 Å². The number of likely N-dealkylation sites (N-methyl/N-ethyl adjacent to an activating group) is 1. The van der Waals surface area contributed by atoms with Gasteiger partial charge in [-0.25, -0.2) is 4.79 Å².